The van der Waals surface area contributed by atoms with Crippen molar-refractivity contribution < 1.29 is 13.6 Å². The summed E-state index contributed by atoms with van der Waals surface area (Å²) < 4.78 is 27.8. The second-order valence-corrected chi connectivity index (χ2v) is 6.08. The number of halogens is 2. The Labute approximate surface area is 140 Å². The minimum Gasteiger partial charge on any atom is -0.325 e. The number of carbonyl (C=O) groups excluding carboxylic acids is 1. The number of amides is 1. The van der Waals surface area contributed by atoms with Gasteiger partial charge in [-0.1, -0.05) is 11.8 Å². The number of fused-ring (bicyclic) bond motifs is 1. The van der Waals surface area contributed by atoms with Crippen LogP contribution in [-0.4, -0.2) is 31.2 Å². The van der Waals surface area contributed by atoms with Crippen molar-refractivity contribution in [3.05, 3.63) is 47.3 Å². The normalized spacial score (nSPS) is 11.0. The van der Waals surface area contributed by atoms with Gasteiger partial charge in [0, 0.05) is 23.1 Å². The predicted octanol–water partition coefficient (Wildman–Crippen LogP) is 2.75. The van der Waals surface area contributed by atoms with Crippen LogP contribution in [0.15, 0.2) is 29.4 Å². The third-order valence-corrected chi connectivity index (χ3v) is 3.92. The maximum atomic E-state index is 13.1. The van der Waals surface area contributed by atoms with Crippen LogP contribution in [0.1, 0.15) is 11.4 Å². The number of aromatic nitrogens is 4. The van der Waals surface area contributed by atoms with Gasteiger partial charge in [-0.2, -0.15) is 4.98 Å². The molecule has 3 aromatic rings. The molecule has 0 saturated carbocycles. The van der Waals surface area contributed by atoms with E-state index in [4.69, 9.17) is 0 Å². The van der Waals surface area contributed by atoms with Crippen LogP contribution >= 0.6 is 11.8 Å². The van der Waals surface area contributed by atoms with Crippen LogP contribution in [0.2, 0.25) is 0 Å². The minimum atomic E-state index is -0.753. The second kappa shape index (κ2) is 6.52. The highest BCUT2D eigenvalue weighted by molar-refractivity contribution is 7.99. The van der Waals surface area contributed by atoms with Gasteiger partial charge in [-0.05, 0) is 32.0 Å². The van der Waals surface area contributed by atoms with E-state index < -0.39 is 17.5 Å². The van der Waals surface area contributed by atoms with Gasteiger partial charge in [-0.25, -0.2) is 18.3 Å². The van der Waals surface area contributed by atoms with Crippen LogP contribution in [0.25, 0.3) is 5.78 Å². The number of nitrogens with zero attached hydrogens (tertiary/aromatic N) is 4. The molecule has 124 valence electrons. The van der Waals surface area contributed by atoms with Gasteiger partial charge in [-0.15, -0.1) is 5.10 Å². The largest absolute Gasteiger partial charge is 0.325 e. The zero-order valence-electron chi connectivity index (χ0n) is 12.9. The van der Waals surface area contributed by atoms with Crippen LogP contribution in [0.3, 0.4) is 0 Å². The van der Waals surface area contributed by atoms with Crippen molar-refractivity contribution in [1.82, 2.24) is 19.6 Å². The molecule has 0 atom stereocenters. The van der Waals surface area contributed by atoms with Crippen molar-refractivity contribution in [2.75, 3.05) is 11.1 Å². The van der Waals surface area contributed by atoms with E-state index in [1.165, 1.54) is 0 Å². The van der Waals surface area contributed by atoms with Gasteiger partial charge in [0.1, 0.15) is 11.6 Å². The smallest absolute Gasteiger partial charge is 0.253 e. The molecule has 1 amide bonds. The maximum absolute atomic E-state index is 13.1. The van der Waals surface area contributed by atoms with Crippen molar-refractivity contribution in [3.63, 3.8) is 0 Å². The molecule has 0 fully saturated rings. The molecule has 2 aromatic heterocycles. The molecular formula is C15H13F2N5OS. The van der Waals surface area contributed by atoms with Crippen molar-refractivity contribution >= 4 is 29.1 Å². The lowest BCUT2D eigenvalue weighted by atomic mass is 10.3. The highest BCUT2D eigenvalue weighted by atomic mass is 32.2. The minimum absolute atomic E-state index is 0.00699. The highest BCUT2D eigenvalue weighted by Gasteiger charge is 2.11. The summed E-state index contributed by atoms with van der Waals surface area (Å²) in [6.07, 6.45) is 0. The number of rotatable bonds is 4. The Kier molecular flexibility index (Phi) is 4.43. The molecule has 24 heavy (non-hydrogen) atoms. The van der Waals surface area contributed by atoms with E-state index in [0.29, 0.717) is 10.9 Å². The molecule has 2 heterocycles. The Morgan fingerprint density at radius 3 is 2.58 bits per heavy atom. The van der Waals surface area contributed by atoms with Crippen LogP contribution in [0, 0.1) is 25.5 Å². The van der Waals surface area contributed by atoms with E-state index in [1.54, 1.807) is 4.52 Å². The van der Waals surface area contributed by atoms with E-state index in [1.807, 2.05) is 19.9 Å². The van der Waals surface area contributed by atoms with E-state index in [2.05, 4.69) is 20.4 Å². The van der Waals surface area contributed by atoms with E-state index in [9.17, 15) is 13.6 Å². The first-order chi connectivity index (χ1) is 11.4. The van der Waals surface area contributed by atoms with Gasteiger partial charge in [0.25, 0.3) is 5.78 Å². The third kappa shape index (κ3) is 3.67. The second-order valence-electron chi connectivity index (χ2n) is 5.14. The molecule has 0 saturated heterocycles. The third-order valence-electron chi connectivity index (χ3n) is 3.08. The molecule has 0 bridgehead atoms. The predicted molar refractivity (Wildman–Crippen MR) is 86.0 cm³/mol. The summed E-state index contributed by atoms with van der Waals surface area (Å²) in [5.74, 6) is -1.45. The first-order valence-electron chi connectivity index (χ1n) is 7.00. The highest BCUT2D eigenvalue weighted by Crippen LogP contribution is 2.17. The maximum Gasteiger partial charge on any atom is 0.253 e. The number of thioether (sulfide) groups is 1. The molecular weight excluding hydrogens is 336 g/mol. The molecule has 3 rings (SSSR count). The Morgan fingerprint density at radius 2 is 1.88 bits per heavy atom. The van der Waals surface area contributed by atoms with Gasteiger partial charge in [0.05, 0.1) is 5.75 Å². The lowest BCUT2D eigenvalue weighted by Crippen LogP contribution is -2.14. The first-order valence-corrected chi connectivity index (χ1v) is 7.99. The standard InChI is InChI=1S/C15H13F2N5OS/c1-8-3-9(2)22-14(18-8)20-15(21-22)24-7-13(23)19-12-5-10(16)4-11(17)6-12/h3-6H,7H2,1-2H3,(H,19,23). The van der Waals surface area contributed by atoms with E-state index >= 15 is 0 Å². The van der Waals surface area contributed by atoms with E-state index in [0.717, 1.165) is 41.3 Å². The monoisotopic (exact) mass is 349 g/mol. The molecule has 6 nitrogen and oxygen atoms in total. The van der Waals surface area contributed by atoms with Gasteiger partial charge < -0.3 is 5.32 Å². The van der Waals surface area contributed by atoms with E-state index in [-0.39, 0.29) is 11.4 Å². The van der Waals surface area contributed by atoms with Gasteiger partial charge in [-0.3, -0.25) is 4.79 Å². The summed E-state index contributed by atoms with van der Waals surface area (Å²) in [6.45, 7) is 3.75. The fourth-order valence-electron chi connectivity index (χ4n) is 2.16. The summed E-state index contributed by atoms with van der Waals surface area (Å²) >= 11 is 1.11. The fourth-order valence-corrected chi connectivity index (χ4v) is 2.78. The summed E-state index contributed by atoms with van der Waals surface area (Å²) in [4.78, 5) is 20.4. The van der Waals surface area contributed by atoms with Crippen LogP contribution in [0.4, 0.5) is 14.5 Å². The zero-order chi connectivity index (χ0) is 17.3. The molecule has 0 aliphatic rings. The van der Waals surface area contributed by atoms with Crippen LogP contribution in [-0.2, 0) is 4.79 Å². The number of hydrogen-bond donors (Lipinski definition) is 1. The summed E-state index contributed by atoms with van der Waals surface area (Å²) in [5.41, 5.74) is 1.78. The lowest BCUT2D eigenvalue weighted by Gasteiger charge is -2.04. The molecule has 0 aliphatic heterocycles. The quantitative estimate of drug-likeness (QED) is 0.733. The molecule has 1 aromatic carbocycles. The number of nitrogens with one attached hydrogen (secondary N) is 1. The Bertz CT molecular complexity index is 907. The van der Waals surface area contributed by atoms with Crippen LogP contribution in [0.5, 0.6) is 0 Å². The lowest BCUT2D eigenvalue weighted by molar-refractivity contribution is -0.113. The zero-order valence-corrected chi connectivity index (χ0v) is 13.7. The molecule has 1 N–H and O–H groups in total. The number of anilines is 1. The van der Waals surface area contributed by atoms with Crippen LogP contribution < -0.4 is 5.32 Å². The number of aryl methyl sites for hydroxylation is 2. The van der Waals surface area contributed by atoms with Gasteiger partial charge in [0.15, 0.2) is 0 Å². The average molecular weight is 349 g/mol. The summed E-state index contributed by atoms with van der Waals surface area (Å²) in [5, 5.41) is 7.10. The Hall–Kier alpha value is -2.55. The summed E-state index contributed by atoms with van der Waals surface area (Å²) in [6, 6.07) is 4.71. The van der Waals surface area contributed by atoms with Crippen molar-refractivity contribution in [2.24, 2.45) is 0 Å². The average Bonchev–Trinajstić information content (AvgIpc) is 2.87. The molecule has 0 unspecified atom stereocenters. The number of hydrogen-bond acceptors (Lipinski definition) is 5. The van der Waals surface area contributed by atoms with Crippen molar-refractivity contribution in [2.45, 2.75) is 19.0 Å². The molecule has 0 spiro atoms. The number of carbonyl (C=O) groups is 1. The summed E-state index contributed by atoms with van der Waals surface area (Å²) in [7, 11) is 0. The molecule has 0 aliphatic carbocycles. The topological polar surface area (TPSA) is 72.2 Å². The SMILES string of the molecule is Cc1cc(C)n2nc(SCC(=O)Nc3cc(F)cc(F)c3)nc2n1. The first kappa shape index (κ1) is 16.3. The van der Waals surface area contributed by atoms with Gasteiger partial charge >= 0.3 is 0 Å². The fraction of sp³-hybridized carbons (Fsp3) is 0.200. The van der Waals surface area contributed by atoms with Crippen molar-refractivity contribution in [1.29, 1.82) is 0 Å². The molecule has 0 radical (unpaired) electrons. The molecule has 9 heteroatoms. The van der Waals surface area contributed by atoms with Gasteiger partial charge in [0.2, 0.25) is 11.1 Å². The Morgan fingerprint density at radius 1 is 1.17 bits per heavy atom. The Balaban J connectivity index is 1.67. The number of benzene rings is 1. The van der Waals surface area contributed by atoms with Crippen molar-refractivity contribution in [3.8, 4) is 0 Å².